The van der Waals surface area contributed by atoms with Crippen LogP contribution in [0.1, 0.15) is 23.6 Å². The van der Waals surface area contributed by atoms with E-state index >= 15 is 0 Å². The molecular weight excluding hydrogens is 499 g/mol. The number of aromatic nitrogens is 4. The SMILES string of the molecule is CO[C@H]1CN(c2c(C#N)cnc3ccc(Cl)cc23)CC[C@H]1C(=O)N1CCn2c(nnc2C(F)(F)F)C1. The summed E-state index contributed by atoms with van der Waals surface area (Å²) in [5.41, 5.74) is 1.76. The summed E-state index contributed by atoms with van der Waals surface area (Å²) < 4.78 is 46.2. The number of piperidine rings is 1. The molecule has 0 radical (unpaired) electrons. The van der Waals surface area contributed by atoms with E-state index in [0.29, 0.717) is 41.3 Å². The maximum Gasteiger partial charge on any atom is 0.451 e. The Morgan fingerprint density at radius 1 is 1.25 bits per heavy atom. The van der Waals surface area contributed by atoms with E-state index in [2.05, 4.69) is 21.3 Å². The van der Waals surface area contributed by atoms with Gasteiger partial charge in [0, 0.05) is 49.9 Å². The Balaban J connectivity index is 1.37. The van der Waals surface area contributed by atoms with Crippen molar-refractivity contribution < 1.29 is 22.7 Å². The largest absolute Gasteiger partial charge is 0.451 e. The normalized spacial score (nSPS) is 20.3. The smallest absolute Gasteiger partial charge is 0.379 e. The molecule has 0 unspecified atom stereocenters. The molecule has 2 aliphatic rings. The van der Waals surface area contributed by atoms with Crippen molar-refractivity contribution in [1.29, 1.82) is 5.26 Å². The van der Waals surface area contributed by atoms with E-state index in [1.807, 2.05) is 4.90 Å². The van der Waals surface area contributed by atoms with Crippen LogP contribution in [0.4, 0.5) is 18.9 Å². The van der Waals surface area contributed by atoms with Crippen LogP contribution in [0.2, 0.25) is 5.02 Å². The molecule has 0 saturated carbocycles. The number of fused-ring (bicyclic) bond motifs is 2. The number of methoxy groups -OCH3 is 1. The number of halogens is 4. The van der Waals surface area contributed by atoms with Gasteiger partial charge in [-0.1, -0.05) is 11.6 Å². The minimum absolute atomic E-state index is 0.0330. The van der Waals surface area contributed by atoms with E-state index in [9.17, 15) is 23.2 Å². The maximum atomic E-state index is 13.4. The number of anilines is 1. The summed E-state index contributed by atoms with van der Waals surface area (Å²) in [4.78, 5) is 21.3. The van der Waals surface area contributed by atoms with Gasteiger partial charge < -0.3 is 19.1 Å². The van der Waals surface area contributed by atoms with E-state index in [4.69, 9.17) is 16.3 Å². The van der Waals surface area contributed by atoms with Gasteiger partial charge in [0.25, 0.3) is 0 Å². The quantitative estimate of drug-likeness (QED) is 0.523. The third-order valence-electron chi connectivity index (χ3n) is 6.74. The van der Waals surface area contributed by atoms with Gasteiger partial charge in [-0.3, -0.25) is 9.78 Å². The molecule has 4 heterocycles. The Kier molecular flexibility index (Phi) is 6.22. The Hall–Kier alpha value is -3.43. The second-order valence-corrected chi connectivity index (χ2v) is 9.19. The highest BCUT2D eigenvalue weighted by atomic mass is 35.5. The van der Waals surface area contributed by atoms with E-state index in [-0.39, 0.29) is 31.4 Å². The minimum Gasteiger partial charge on any atom is -0.379 e. The molecule has 2 aromatic heterocycles. The number of ether oxygens (including phenoxy) is 1. The standard InChI is InChI=1S/C23H21ClF3N7O2/c1-36-18-11-32(20-13(9-28)10-29-17-3-2-14(24)8-16(17)20)5-4-15(18)21(35)33-6-7-34-19(12-33)30-31-22(34)23(25,26)27/h2-3,8,10,15,18H,4-7,11-12H2,1H3/t15-,18+/m1/s1. The highest BCUT2D eigenvalue weighted by Gasteiger charge is 2.42. The van der Waals surface area contributed by atoms with E-state index in [0.717, 1.165) is 9.95 Å². The van der Waals surface area contributed by atoms with Gasteiger partial charge in [-0.2, -0.15) is 18.4 Å². The number of pyridine rings is 1. The first kappa shape index (κ1) is 24.3. The first-order valence-electron chi connectivity index (χ1n) is 11.3. The lowest BCUT2D eigenvalue weighted by molar-refractivity contribution is -0.148. The minimum atomic E-state index is -4.60. The van der Waals surface area contributed by atoms with Crippen molar-refractivity contribution >= 4 is 34.1 Å². The maximum absolute atomic E-state index is 13.4. The predicted molar refractivity (Wildman–Crippen MR) is 123 cm³/mol. The number of benzene rings is 1. The van der Waals surface area contributed by atoms with Crippen LogP contribution in [0.25, 0.3) is 10.9 Å². The second-order valence-electron chi connectivity index (χ2n) is 8.76. The van der Waals surface area contributed by atoms with Gasteiger partial charge in [-0.25, -0.2) is 0 Å². The van der Waals surface area contributed by atoms with Gasteiger partial charge in [0.2, 0.25) is 11.7 Å². The van der Waals surface area contributed by atoms with Gasteiger partial charge in [-0.15, -0.1) is 10.2 Å². The van der Waals surface area contributed by atoms with Crippen molar-refractivity contribution in [2.45, 2.75) is 31.8 Å². The van der Waals surface area contributed by atoms with Crippen LogP contribution >= 0.6 is 11.6 Å². The van der Waals surface area contributed by atoms with Crippen molar-refractivity contribution in [1.82, 2.24) is 24.6 Å². The fourth-order valence-electron chi connectivity index (χ4n) is 5.00. The van der Waals surface area contributed by atoms with Gasteiger partial charge in [0.05, 0.1) is 35.3 Å². The zero-order valence-electron chi connectivity index (χ0n) is 19.2. The molecule has 1 fully saturated rings. The van der Waals surface area contributed by atoms with Crippen LogP contribution in [-0.2, 0) is 28.8 Å². The average Bonchev–Trinajstić information content (AvgIpc) is 3.31. The molecule has 1 amide bonds. The topological polar surface area (TPSA) is 100 Å². The summed E-state index contributed by atoms with van der Waals surface area (Å²) in [6.07, 6.45) is -3.15. The van der Waals surface area contributed by atoms with E-state index in [1.54, 1.807) is 18.2 Å². The Labute approximate surface area is 209 Å². The molecule has 0 bridgehead atoms. The molecule has 36 heavy (non-hydrogen) atoms. The van der Waals surface area contributed by atoms with Crippen molar-refractivity contribution in [3.8, 4) is 6.07 Å². The summed E-state index contributed by atoms with van der Waals surface area (Å²) in [5, 5.41) is 17.9. The monoisotopic (exact) mass is 519 g/mol. The predicted octanol–water partition coefficient (Wildman–Crippen LogP) is 3.25. The summed E-state index contributed by atoms with van der Waals surface area (Å²) in [6, 6.07) is 7.46. The number of nitrogens with zero attached hydrogens (tertiary/aromatic N) is 7. The number of alkyl halides is 3. The van der Waals surface area contributed by atoms with Crippen molar-refractivity contribution in [2.75, 3.05) is 31.6 Å². The molecule has 13 heteroatoms. The number of nitriles is 1. The van der Waals surface area contributed by atoms with Crippen LogP contribution in [0.5, 0.6) is 0 Å². The first-order chi connectivity index (χ1) is 17.2. The summed E-state index contributed by atoms with van der Waals surface area (Å²) in [5.74, 6) is -1.64. The van der Waals surface area contributed by atoms with Crippen LogP contribution in [0.3, 0.4) is 0 Å². The van der Waals surface area contributed by atoms with Gasteiger partial charge in [0.1, 0.15) is 6.07 Å². The summed E-state index contributed by atoms with van der Waals surface area (Å²) in [7, 11) is 1.52. The van der Waals surface area contributed by atoms with Crippen LogP contribution in [0, 0.1) is 17.2 Å². The van der Waals surface area contributed by atoms with Gasteiger partial charge in [0.15, 0.2) is 5.82 Å². The molecule has 5 rings (SSSR count). The lowest BCUT2D eigenvalue weighted by Crippen LogP contribution is -2.52. The average molecular weight is 520 g/mol. The number of hydrogen-bond acceptors (Lipinski definition) is 7. The fourth-order valence-corrected chi connectivity index (χ4v) is 5.18. The van der Waals surface area contributed by atoms with Crippen molar-refractivity contribution in [3.63, 3.8) is 0 Å². The lowest BCUT2D eigenvalue weighted by Gasteiger charge is -2.41. The second kappa shape index (κ2) is 9.22. The highest BCUT2D eigenvalue weighted by molar-refractivity contribution is 6.31. The van der Waals surface area contributed by atoms with Gasteiger partial charge in [-0.05, 0) is 24.6 Å². The molecule has 2 aliphatic heterocycles. The Bertz CT molecular complexity index is 1370. The third kappa shape index (κ3) is 4.22. The van der Waals surface area contributed by atoms with E-state index < -0.39 is 24.0 Å². The number of carbonyl (C=O) groups excluding carboxylic acids is 1. The third-order valence-corrected chi connectivity index (χ3v) is 6.97. The number of amides is 1. The van der Waals surface area contributed by atoms with E-state index in [1.165, 1.54) is 18.2 Å². The zero-order valence-corrected chi connectivity index (χ0v) is 19.9. The number of carbonyl (C=O) groups is 1. The molecule has 2 atom stereocenters. The molecule has 0 aliphatic carbocycles. The summed E-state index contributed by atoms with van der Waals surface area (Å²) >= 11 is 6.22. The van der Waals surface area contributed by atoms with Crippen LogP contribution in [0.15, 0.2) is 24.4 Å². The Morgan fingerprint density at radius 3 is 2.78 bits per heavy atom. The molecule has 9 nitrogen and oxygen atoms in total. The molecule has 0 spiro atoms. The Morgan fingerprint density at radius 2 is 2.06 bits per heavy atom. The number of hydrogen-bond donors (Lipinski definition) is 0. The molecule has 3 aromatic rings. The first-order valence-corrected chi connectivity index (χ1v) is 11.6. The molecule has 1 aromatic carbocycles. The number of rotatable bonds is 3. The zero-order chi connectivity index (χ0) is 25.6. The lowest BCUT2D eigenvalue weighted by atomic mass is 9.91. The molecular formula is C23H21ClF3N7O2. The highest BCUT2D eigenvalue weighted by Crippen LogP contribution is 2.35. The fraction of sp³-hybridized carbons (Fsp3) is 0.435. The molecule has 0 N–H and O–H groups in total. The summed E-state index contributed by atoms with van der Waals surface area (Å²) in [6.45, 7) is 0.850. The van der Waals surface area contributed by atoms with Crippen LogP contribution in [-0.4, -0.2) is 63.4 Å². The van der Waals surface area contributed by atoms with Crippen LogP contribution < -0.4 is 4.90 Å². The van der Waals surface area contributed by atoms with Gasteiger partial charge >= 0.3 is 6.18 Å². The van der Waals surface area contributed by atoms with Crippen molar-refractivity contribution in [2.24, 2.45) is 5.92 Å². The molecule has 188 valence electrons. The molecule has 1 saturated heterocycles. The van der Waals surface area contributed by atoms with Crippen molar-refractivity contribution in [3.05, 3.63) is 46.6 Å².